The van der Waals surface area contributed by atoms with Crippen LogP contribution in [0, 0.1) is 6.92 Å². The van der Waals surface area contributed by atoms with E-state index < -0.39 is 17.3 Å². The van der Waals surface area contributed by atoms with Crippen LogP contribution in [-0.4, -0.2) is 31.3 Å². The van der Waals surface area contributed by atoms with Gasteiger partial charge in [-0.1, -0.05) is 0 Å². The molecule has 1 saturated carbocycles. The number of carboxylic acids is 1. The molecule has 2 N–H and O–H groups in total. The number of nitrogens with one attached hydrogen (secondary N) is 1. The molecule has 2 aromatic rings. The van der Waals surface area contributed by atoms with Gasteiger partial charge in [0.15, 0.2) is 5.69 Å². The summed E-state index contributed by atoms with van der Waals surface area (Å²) in [6.45, 7) is 1.81. The molecule has 1 fully saturated rings. The lowest BCUT2D eigenvalue weighted by atomic mass is 10.2. The monoisotopic (exact) mass is 394 g/mol. The molecule has 2 aromatic heterocycles. The van der Waals surface area contributed by atoms with Crippen LogP contribution >= 0.6 is 15.9 Å². The second-order valence-electron chi connectivity index (χ2n) is 5.73. The zero-order chi connectivity index (χ0) is 17.6. The standard InChI is InChI=1S/C15H15BrN4O4/c1-7-11(16)13(21)9(5-20(7)8-3-4-8)14(22)17-10-6-19(2)18-12(10)15(23)24/h5-6,8H,3-4H2,1-2H3,(H,17,22)(H,23,24). The van der Waals surface area contributed by atoms with Gasteiger partial charge in [0.2, 0.25) is 5.43 Å². The Morgan fingerprint density at radius 3 is 2.62 bits per heavy atom. The lowest BCUT2D eigenvalue weighted by Crippen LogP contribution is -2.25. The van der Waals surface area contributed by atoms with Crippen LogP contribution in [0.25, 0.3) is 0 Å². The fraction of sp³-hybridized carbons (Fsp3) is 0.333. The third-order valence-corrected chi connectivity index (χ3v) is 4.82. The van der Waals surface area contributed by atoms with Crippen molar-refractivity contribution in [2.75, 3.05) is 5.32 Å². The first-order valence-corrected chi connectivity index (χ1v) is 8.08. The molecule has 0 bridgehead atoms. The average molecular weight is 395 g/mol. The van der Waals surface area contributed by atoms with Crippen LogP contribution in [0.2, 0.25) is 0 Å². The number of nitrogens with zero attached hydrogens (tertiary/aromatic N) is 3. The predicted molar refractivity (Wildman–Crippen MR) is 89.5 cm³/mol. The van der Waals surface area contributed by atoms with Gasteiger partial charge in [-0.15, -0.1) is 0 Å². The molecule has 0 radical (unpaired) electrons. The molecule has 8 nitrogen and oxygen atoms in total. The second kappa shape index (κ2) is 5.90. The van der Waals surface area contributed by atoms with E-state index in [1.165, 1.54) is 17.1 Å². The molecule has 2 heterocycles. The quantitative estimate of drug-likeness (QED) is 0.823. The van der Waals surface area contributed by atoms with Crippen molar-refractivity contribution in [1.82, 2.24) is 14.3 Å². The van der Waals surface area contributed by atoms with Gasteiger partial charge >= 0.3 is 5.97 Å². The molecule has 0 aliphatic heterocycles. The van der Waals surface area contributed by atoms with Crippen LogP contribution in [0.15, 0.2) is 21.7 Å². The fourth-order valence-corrected chi connectivity index (χ4v) is 2.93. The first kappa shape index (κ1) is 16.4. The minimum absolute atomic E-state index is 0.0421. The van der Waals surface area contributed by atoms with Gasteiger partial charge in [-0.2, -0.15) is 5.10 Å². The van der Waals surface area contributed by atoms with Crippen molar-refractivity contribution in [2.45, 2.75) is 25.8 Å². The van der Waals surface area contributed by atoms with E-state index in [1.807, 2.05) is 11.5 Å². The minimum atomic E-state index is -1.26. The number of rotatable bonds is 4. The zero-order valence-electron chi connectivity index (χ0n) is 13.0. The molecule has 24 heavy (non-hydrogen) atoms. The normalized spacial score (nSPS) is 13.8. The molecular weight excluding hydrogens is 380 g/mol. The van der Waals surface area contributed by atoms with E-state index in [9.17, 15) is 14.4 Å². The van der Waals surface area contributed by atoms with Gasteiger partial charge in [0.1, 0.15) is 5.56 Å². The van der Waals surface area contributed by atoms with Crippen LogP contribution < -0.4 is 10.7 Å². The van der Waals surface area contributed by atoms with Crippen molar-refractivity contribution in [3.63, 3.8) is 0 Å². The summed E-state index contributed by atoms with van der Waals surface area (Å²) in [5.41, 5.74) is 0.0671. The molecule has 1 aliphatic rings. The topological polar surface area (TPSA) is 106 Å². The average Bonchev–Trinajstić information content (AvgIpc) is 3.28. The predicted octanol–water partition coefficient (Wildman–Crippen LogP) is 1.94. The molecular formula is C15H15BrN4O4. The number of amides is 1. The van der Waals surface area contributed by atoms with Crippen LogP contribution in [-0.2, 0) is 7.05 Å². The SMILES string of the molecule is Cc1c(Br)c(=O)c(C(=O)Nc2cn(C)nc2C(=O)O)cn1C1CC1. The highest BCUT2D eigenvalue weighted by Gasteiger charge is 2.28. The number of aromatic nitrogens is 3. The van der Waals surface area contributed by atoms with Gasteiger partial charge in [-0.25, -0.2) is 4.79 Å². The third kappa shape index (κ3) is 2.86. The number of pyridine rings is 1. The first-order valence-electron chi connectivity index (χ1n) is 7.29. The molecule has 0 atom stereocenters. The van der Waals surface area contributed by atoms with Crippen molar-refractivity contribution in [3.05, 3.63) is 44.0 Å². The minimum Gasteiger partial charge on any atom is -0.476 e. The third-order valence-electron chi connectivity index (χ3n) is 3.88. The van der Waals surface area contributed by atoms with E-state index in [-0.39, 0.29) is 16.9 Å². The summed E-state index contributed by atoms with van der Waals surface area (Å²) < 4.78 is 3.53. The van der Waals surface area contributed by atoms with Crippen molar-refractivity contribution in [1.29, 1.82) is 0 Å². The smallest absolute Gasteiger partial charge is 0.358 e. The maximum absolute atomic E-state index is 12.5. The number of hydrogen-bond donors (Lipinski definition) is 2. The highest BCUT2D eigenvalue weighted by Crippen LogP contribution is 2.36. The van der Waals surface area contributed by atoms with Crippen LogP contribution in [0.5, 0.6) is 0 Å². The van der Waals surface area contributed by atoms with E-state index in [0.717, 1.165) is 18.5 Å². The molecule has 1 amide bonds. The molecule has 9 heteroatoms. The van der Waals surface area contributed by atoms with Crippen molar-refractivity contribution in [3.8, 4) is 0 Å². The maximum Gasteiger partial charge on any atom is 0.358 e. The van der Waals surface area contributed by atoms with Gasteiger partial charge < -0.3 is 15.0 Å². The van der Waals surface area contributed by atoms with Crippen LogP contribution in [0.4, 0.5) is 5.69 Å². The summed E-state index contributed by atoms with van der Waals surface area (Å²) in [7, 11) is 1.55. The van der Waals surface area contributed by atoms with Gasteiger partial charge in [-0.05, 0) is 35.7 Å². The van der Waals surface area contributed by atoms with E-state index in [4.69, 9.17) is 5.11 Å². The van der Waals surface area contributed by atoms with E-state index in [2.05, 4.69) is 26.3 Å². The number of anilines is 1. The fourth-order valence-electron chi connectivity index (χ4n) is 2.51. The highest BCUT2D eigenvalue weighted by molar-refractivity contribution is 9.10. The second-order valence-corrected chi connectivity index (χ2v) is 6.53. The van der Waals surface area contributed by atoms with E-state index >= 15 is 0 Å². The molecule has 0 spiro atoms. The van der Waals surface area contributed by atoms with Gasteiger partial charge in [0, 0.05) is 31.2 Å². The Labute approximate surface area is 145 Å². The van der Waals surface area contributed by atoms with E-state index in [1.54, 1.807) is 7.05 Å². The van der Waals surface area contributed by atoms with Crippen molar-refractivity contribution >= 4 is 33.5 Å². The summed E-state index contributed by atoms with van der Waals surface area (Å²) in [5.74, 6) is -1.92. The van der Waals surface area contributed by atoms with Crippen LogP contribution in [0.3, 0.4) is 0 Å². The Balaban J connectivity index is 1.99. The summed E-state index contributed by atoms with van der Waals surface area (Å²) in [6, 6.07) is 0.293. The Morgan fingerprint density at radius 1 is 1.38 bits per heavy atom. The van der Waals surface area contributed by atoms with E-state index in [0.29, 0.717) is 10.5 Å². The molecule has 0 unspecified atom stereocenters. The van der Waals surface area contributed by atoms with Crippen molar-refractivity contribution in [2.24, 2.45) is 7.05 Å². The number of hydrogen-bond acceptors (Lipinski definition) is 4. The molecule has 0 saturated heterocycles. The maximum atomic E-state index is 12.5. The summed E-state index contributed by atoms with van der Waals surface area (Å²) in [6.07, 6.45) is 4.92. The summed E-state index contributed by atoms with van der Waals surface area (Å²) >= 11 is 3.25. The lowest BCUT2D eigenvalue weighted by molar-refractivity contribution is 0.0690. The number of carboxylic acid groups (broad SMARTS) is 1. The number of aryl methyl sites for hydroxylation is 1. The lowest BCUT2D eigenvalue weighted by Gasteiger charge is -2.13. The number of carbonyl (C=O) groups is 2. The summed E-state index contributed by atoms with van der Waals surface area (Å²) in [5, 5.41) is 15.4. The molecule has 126 valence electrons. The Kier molecular flexibility index (Phi) is 4.04. The van der Waals surface area contributed by atoms with Gasteiger partial charge in [-0.3, -0.25) is 14.3 Å². The number of carbonyl (C=O) groups excluding carboxylic acids is 1. The van der Waals surface area contributed by atoms with Crippen LogP contribution in [0.1, 0.15) is 45.4 Å². The van der Waals surface area contributed by atoms with Gasteiger partial charge in [0.05, 0.1) is 10.2 Å². The van der Waals surface area contributed by atoms with Gasteiger partial charge in [0.25, 0.3) is 5.91 Å². The Hall–Kier alpha value is -2.42. The molecule has 1 aliphatic carbocycles. The van der Waals surface area contributed by atoms with Crippen molar-refractivity contribution < 1.29 is 14.7 Å². The number of aromatic carboxylic acids is 1. The zero-order valence-corrected chi connectivity index (χ0v) is 14.6. The Bertz CT molecular complexity index is 911. The highest BCUT2D eigenvalue weighted by atomic mass is 79.9. The largest absolute Gasteiger partial charge is 0.476 e. The Morgan fingerprint density at radius 2 is 2.04 bits per heavy atom. The summed E-state index contributed by atoms with van der Waals surface area (Å²) in [4.78, 5) is 36.1. The first-order chi connectivity index (χ1) is 11.3. The molecule has 3 rings (SSSR count). The molecule has 0 aromatic carbocycles. The number of halogens is 1.